The first-order valence-electron chi connectivity index (χ1n) is 5.44. The number of nitrogens with zero attached hydrogens (tertiary/aromatic N) is 1. The fourth-order valence-electron chi connectivity index (χ4n) is 1.74. The maximum absolute atomic E-state index is 12.7. The zero-order valence-corrected chi connectivity index (χ0v) is 9.28. The molecule has 90 valence electrons. The Morgan fingerprint density at radius 2 is 2.06 bits per heavy atom. The van der Waals surface area contributed by atoms with Crippen molar-refractivity contribution < 1.29 is 14.0 Å². The van der Waals surface area contributed by atoms with Gasteiger partial charge in [-0.15, -0.1) is 0 Å². The van der Waals surface area contributed by atoms with E-state index >= 15 is 0 Å². The summed E-state index contributed by atoms with van der Waals surface area (Å²) in [5.74, 6) is -0.561. The van der Waals surface area contributed by atoms with Gasteiger partial charge in [0.15, 0.2) is 0 Å². The summed E-state index contributed by atoms with van der Waals surface area (Å²) < 4.78 is 12.7. The van der Waals surface area contributed by atoms with E-state index in [0.717, 1.165) is 5.56 Å². The van der Waals surface area contributed by atoms with Crippen molar-refractivity contribution in [3.05, 3.63) is 35.6 Å². The Morgan fingerprint density at radius 1 is 1.35 bits per heavy atom. The van der Waals surface area contributed by atoms with Crippen LogP contribution in [0.15, 0.2) is 24.3 Å². The van der Waals surface area contributed by atoms with E-state index in [1.165, 1.54) is 17.0 Å². The van der Waals surface area contributed by atoms with Gasteiger partial charge in [0.25, 0.3) is 0 Å². The van der Waals surface area contributed by atoms with Gasteiger partial charge in [0.05, 0.1) is 13.0 Å². The summed E-state index contributed by atoms with van der Waals surface area (Å²) in [6.07, 6.45) is 0.202. The van der Waals surface area contributed by atoms with E-state index in [1.807, 2.05) is 0 Å². The van der Waals surface area contributed by atoms with E-state index in [9.17, 15) is 14.0 Å². The van der Waals surface area contributed by atoms with E-state index < -0.39 is 0 Å². The Morgan fingerprint density at radius 3 is 2.71 bits per heavy atom. The second kappa shape index (κ2) is 4.95. The number of carbonyl (C=O) groups excluding carboxylic acids is 2. The molecule has 1 saturated heterocycles. The summed E-state index contributed by atoms with van der Waals surface area (Å²) in [6.45, 7) is 1.14. The Bertz CT molecular complexity index is 431. The average molecular weight is 236 g/mol. The monoisotopic (exact) mass is 236 g/mol. The molecule has 1 aromatic carbocycles. The first kappa shape index (κ1) is 11.6. The van der Waals surface area contributed by atoms with Crippen LogP contribution < -0.4 is 5.32 Å². The largest absolute Gasteiger partial charge is 0.353 e. The van der Waals surface area contributed by atoms with E-state index in [0.29, 0.717) is 13.1 Å². The van der Waals surface area contributed by atoms with Crippen molar-refractivity contribution >= 4 is 11.8 Å². The lowest BCUT2D eigenvalue weighted by molar-refractivity contribution is -0.137. The Labute approximate surface area is 98.4 Å². The van der Waals surface area contributed by atoms with Crippen molar-refractivity contribution in [2.75, 3.05) is 19.6 Å². The number of hydrogen-bond acceptors (Lipinski definition) is 2. The third-order valence-electron chi connectivity index (χ3n) is 2.66. The smallest absolute Gasteiger partial charge is 0.239 e. The second-order valence-corrected chi connectivity index (χ2v) is 3.97. The Kier molecular flexibility index (Phi) is 3.37. The van der Waals surface area contributed by atoms with Crippen LogP contribution in [0.3, 0.4) is 0 Å². The molecular weight excluding hydrogens is 223 g/mol. The molecule has 1 heterocycles. The molecule has 1 N–H and O–H groups in total. The van der Waals surface area contributed by atoms with E-state index in [1.54, 1.807) is 12.1 Å². The average Bonchev–Trinajstić information content (AvgIpc) is 2.32. The summed E-state index contributed by atoms with van der Waals surface area (Å²) >= 11 is 0. The molecule has 1 aromatic rings. The van der Waals surface area contributed by atoms with Crippen molar-refractivity contribution in [2.24, 2.45) is 0 Å². The molecule has 2 amide bonds. The summed E-state index contributed by atoms with van der Waals surface area (Å²) in [5.41, 5.74) is 0.752. The fourth-order valence-corrected chi connectivity index (χ4v) is 1.74. The number of benzene rings is 1. The van der Waals surface area contributed by atoms with Gasteiger partial charge in [0.1, 0.15) is 5.82 Å². The van der Waals surface area contributed by atoms with Crippen LogP contribution in [0.5, 0.6) is 0 Å². The van der Waals surface area contributed by atoms with Gasteiger partial charge in [-0.3, -0.25) is 9.59 Å². The number of carbonyl (C=O) groups is 2. The lowest BCUT2D eigenvalue weighted by Gasteiger charge is -2.26. The van der Waals surface area contributed by atoms with Gasteiger partial charge in [-0.1, -0.05) is 12.1 Å². The molecule has 5 heteroatoms. The first-order chi connectivity index (χ1) is 8.15. The molecule has 2 rings (SSSR count). The molecule has 0 atom stereocenters. The molecule has 0 unspecified atom stereocenters. The summed E-state index contributed by atoms with van der Waals surface area (Å²) in [4.78, 5) is 24.5. The minimum absolute atomic E-state index is 0.105. The van der Waals surface area contributed by atoms with Gasteiger partial charge in [-0.25, -0.2) is 4.39 Å². The molecule has 1 aliphatic heterocycles. The van der Waals surface area contributed by atoms with Crippen molar-refractivity contribution in [3.63, 3.8) is 0 Å². The number of halogens is 1. The predicted octanol–water partition coefficient (Wildman–Crippen LogP) is 0.327. The standard InChI is InChI=1S/C12H13FN2O2/c13-10-3-1-9(2-4-10)7-12(17)15-6-5-14-11(16)8-15/h1-4H,5-8H2,(H,14,16). The van der Waals surface area contributed by atoms with Crippen LogP contribution in [-0.4, -0.2) is 36.3 Å². The molecule has 0 spiro atoms. The SMILES string of the molecule is O=C1CN(C(=O)Cc2ccc(F)cc2)CCN1. The summed E-state index contributed by atoms with van der Waals surface area (Å²) in [5, 5.41) is 2.66. The molecule has 0 aromatic heterocycles. The summed E-state index contributed by atoms with van der Waals surface area (Å²) in [6, 6.07) is 5.81. The minimum atomic E-state index is -0.321. The van der Waals surface area contributed by atoms with Crippen LogP contribution in [0.4, 0.5) is 4.39 Å². The lowest BCUT2D eigenvalue weighted by Crippen LogP contribution is -2.50. The van der Waals surface area contributed by atoms with Gasteiger partial charge in [0.2, 0.25) is 11.8 Å². The third-order valence-corrected chi connectivity index (χ3v) is 2.66. The van der Waals surface area contributed by atoms with Crippen LogP contribution in [0, 0.1) is 5.82 Å². The number of piperazine rings is 1. The second-order valence-electron chi connectivity index (χ2n) is 3.97. The van der Waals surface area contributed by atoms with Crippen LogP contribution in [0.25, 0.3) is 0 Å². The van der Waals surface area contributed by atoms with Crippen molar-refractivity contribution in [1.82, 2.24) is 10.2 Å². The number of rotatable bonds is 2. The number of amides is 2. The molecular formula is C12H13FN2O2. The predicted molar refractivity (Wildman–Crippen MR) is 59.7 cm³/mol. The van der Waals surface area contributed by atoms with Gasteiger partial charge in [0, 0.05) is 13.1 Å². The van der Waals surface area contributed by atoms with E-state index in [-0.39, 0.29) is 30.6 Å². The van der Waals surface area contributed by atoms with E-state index in [2.05, 4.69) is 5.32 Å². The maximum atomic E-state index is 12.7. The summed E-state index contributed by atoms with van der Waals surface area (Å²) in [7, 11) is 0. The van der Waals surface area contributed by atoms with Crippen LogP contribution in [0.1, 0.15) is 5.56 Å². The maximum Gasteiger partial charge on any atom is 0.239 e. The number of nitrogens with one attached hydrogen (secondary N) is 1. The normalized spacial score (nSPS) is 15.6. The minimum Gasteiger partial charge on any atom is -0.353 e. The highest BCUT2D eigenvalue weighted by molar-refractivity contribution is 5.86. The fraction of sp³-hybridized carbons (Fsp3) is 0.333. The zero-order valence-electron chi connectivity index (χ0n) is 9.28. The third kappa shape index (κ3) is 3.03. The molecule has 0 aliphatic carbocycles. The van der Waals surface area contributed by atoms with E-state index in [4.69, 9.17) is 0 Å². The number of hydrogen-bond donors (Lipinski definition) is 1. The van der Waals surface area contributed by atoms with Gasteiger partial charge in [-0.05, 0) is 17.7 Å². The first-order valence-corrected chi connectivity index (χ1v) is 5.44. The van der Waals surface area contributed by atoms with Crippen LogP contribution >= 0.6 is 0 Å². The molecule has 0 radical (unpaired) electrons. The zero-order chi connectivity index (χ0) is 12.3. The highest BCUT2D eigenvalue weighted by Crippen LogP contribution is 2.06. The highest BCUT2D eigenvalue weighted by atomic mass is 19.1. The topological polar surface area (TPSA) is 49.4 Å². The lowest BCUT2D eigenvalue weighted by atomic mass is 10.1. The van der Waals surface area contributed by atoms with Gasteiger partial charge in [-0.2, -0.15) is 0 Å². The highest BCUT2D eigenvalue weighted by Gasteiger charge is 2.20. The molecule has 1 aliphatic rings. The molecule has 0 saturated carbocycles. The van der Waals surface area contributed by atoms with Crippen molar-refractivity contribution in [1.29, 1.82) is 0 Å². The van der Waals surface area contributed by atoms with Crippen LogP contribution in [0.2, 0.25) is 0 Å². The molecule has 17 heavy (non-hydrogen) atoms. The van der Waals surface area contributed by atoms with Crippen molar-refractivity contribution in [2.45, 2.75) is 6.42 Å². The molecule has 1 fully saturated rings. The Hall–Kier alpha value is -1.91. The van der Waals surface area contributed by atoms with Gasteiger partial charge >= 0.3 is 0 Å². The Balaban J connectivity index is 1.96. The van der Waals surface area contributed by atoms with Crippen LogP contribution in [-0.2, 0) is 16.0 Å². The van der Waals surface area contributed by atoms with Gasteiger partial charge < -0.3 is 10.2 Å². The molecule has 0 bridgehead atoms. The van der Waals surface area contributed by atoms with Crippen molar-refractivity contribution in [3.8, 4) is 0 Å². The molecule has 4 nitrogen and oxygen atoms in total. The quantitative estimate of drug-likeness (QED) is 0.804.